The third-order valence-electron chi connectivity index (χ3n) is 3.53. The fourth-order valence-electron chi connectivity index (χ4n) is 2.28. The van der Waals surface area contributed by atoms with Crippen molar-refractivity contribution in [3.05, 3.63) is 24.5 Å². The number of hydrogen-bond acceptors (Lipinski definition) is 2. The van der Waals surface area contributed by atoms with E-state index in [-0.39, 0.29) is 17.0 Å². The maximum Gasteiger partial charge on any atom is 0.187 e. The van der Waals surface area contributed by atoms with Crippen LogP contribution in [-0.2, 0) is 16.4 Å². The number of sulfone groups is 1. The number of nitrogens with zero attached hydrogens (tertiary/aromatic N) is 1. The van der Waals surface area contributed by atoms with Crippen LogP contribution in [-0.4, -0.2) is 14.7 Å². The summed E-state index contributed by atoms with van der Waals surface area (Å²) in [5, 5.41) is 0. The zero-order valence-electron chi connectivity index (χ0n) is 14.2. The lowest BCUT2D eigenvalue weighted by atomic mass is 10.1. The molecule has 5 heteroatoms. The highest BCUT2D eigenvalue weighted by Crippen LogP contribution is 2.07. The molecule has 0 aliphatic carbocycles. The van der Waals surface area contributed by atoms with Crippen LogP contribution in [0.3, 0.4) is 0 Å². The van der Waals surface area contributed by atoms with Gasteiger partial charge in [0.2, 0.25) is 0 Å². The van der Waals surface area contributed by atoms with Gasteiger partial charge in [0.15, 0.2) is 22.2 Å². The van der Waals surface area contributed by atoms with Crippen LogP contribution in [0, 0.1) is 11.8 Å². The van der Waals surface area contributed by atoms with E-state index in [2.05, 4.69) is 18.8 Å². The first-order valence-electron chi connectivity index (χ1n) is 8.19. The Balaban J connectivity index is 0.00000484. The molecule has 0 aromatic carbocycles. The molecular weight excluding hydrogens is 374 g/mol. The van der Waals surface area contributed by atoms with Crippen LogP contribution in [0.5, 0.6) is 0 Å². The van der Waals surface area contributed by atoms with E-state index >= 15 is 0 Å². The number of hydrogen-bond donors (Lipinski definition) is 0. The monoisotopic (exact) mass is 401 g/mol. The van der Waals surface area contributed by atoms with Crippen LogP contribution in [0.15, 0.2) is 29.4 Å². The molecule has 0 saturated carbocycles. The number of aryl methyl sites for hydroxylation is 1. The molecule has 0 amide bonds. The lowest BCUT2D eigenvalue weighted by Gasteiger charge is -2.01. The lowest BCUT2D eigenvalue weighted by molar-refractivity contribution is -0.699. The van der Waals surface area contributed by atoms with Crippen LogP contribution in [0.25, 0.3) is 0 Å². The molecule has 0 radical (unpaired) electrons. The molecule has 0 unspecified atom stereocenters. The standard InChI is InChI=1S/C18H28NO2S.BrH/c1-3-4-5-6-7-8-9-10-11-12-15-19-16-13-14-18(17-19)22(2,20)21;/h13-14,16-17H,3,6-12,15H2,1-2H3;1H/q+1;/p-1. The highest BCUT2D eigenvalue weighted by Gasteiger charge is 2.11. The van der Waals surface area contributed by atoms with E-state index in [0.717, 1.165) is 25.8 Å². The van der Waals surface area contributed by atoms with Gasteiger partial charge in [0.1, 0.15) is 11.4 Å². The second-order valence-corrected chi connectivity index (χ2v) is 7.64. The van der Waals surface area contributed by atoms with Crippen molar-refractivity contribution < 1.29 is 30.0 Å². The molecule has 23 heavy (non-hydrogen) atoms. The highest BCUT2D eigenvalue weighted by molar-refractivity contribution is 7.90. The Hall–Kier alpha value is -0.860. The van der Waals surface area contributed by atoms with E-state index < -0.39 is 9.84 Å². The van der Waals surface area contributed by atoms with Crippen molar-refractivity contribution in [2.75, 3.05) is 6.26 Å². The van der Waals surface area contributed by atoms with E-state index in [9.17, 15) is 8.42 Å². The molecule has 0 aliphatic heterocycles. The largest absolute Gasteiger partial charge is 1.00 e. The fourth-order valence-corrected chi connectivity index (χ4v) is 2.94. The van der Waals surface area contributed by atoms with E-state index in [0.29, 0.717) is 4.90 Å². The molecule has 1 rings (SSSR count). The van der Waals surface area contributed by atoms with Gasteiger partial charge >= 0.3 is 0 Å². The van der Waals surface area contributed by atoms with Crippen molar-refractivity contribution in [2.45, 2.75) is 69.7 Å². The minimum absolute atomic E-state index is 0. The van der Waals surface area contributed by atoms with Crippen LogP contribution in [0.2, 0.25) is 0 Å². The van der Waals surface area contributed by atoms with Crippen LogP contribution in [0.1, 0.15) is 58.3 Å². The Bertz CT molecular complexity index is 603. The molecule has 3 nitrogen and oxygen atoms in total. The van der Waals surface area contributed by atoms with Gasteiger partial charge in [-0.15, -0.1) is 11.8 Å². The Morgan fingerprint density at radius 3 is 2.35 bits per heavy atom. The summed E-state index contributed by atoms with van der Waals surface area (Å²) in [5.41, 5.74) is 0. The summed E-state index contributed by atoms with van der Waals surface area (Å²) < 4.78 is 25.0. The van der Waals surface area contributed by atoms with Gasteiger partial charge in [-0.1, -0.05) is 26.2 Å². The molecule has 0 spiro atoms. The van der Waals surface area contributed by atoms with Crippen molar-refractivity contribution in [2.24, 2.45) is 0 Å². The van der Waals surface area contributed by atoms with Crippen LogP contribution < -0.4 is 21.5 Å². The van der Waals surface area contributed by atoms with Gasteiger partial charge in [-0.05, 0) is 18.9 Å². The van der Waals surface area contributed by atoms with Crippen molar-refractivity contribution in [3.63, 3.8) is 0 Å². The van der Waals surface area contributed by atoms with E-state index in [1.807, 2.05) is 10.8 Å². The number of pyridine rings is 1. The SMILES string of the molecule is CCC#CCCCCCCCC[n+]1cccc(S(C)(=O)=O)c1.[Br-]. The van der Waals surface area contributed by atoms with Crippen LogP contribution >= 0.6 is 0 Å². The minimum atomic E-state index is -3.11. The summed E-state index contributed by atoms with van der Waals surface area (Å²) >= 11 is 0. The molecule has 0 bridgehead atoms. The van der Waals surface area contributed by atoms with E-state index in [4.69, 9.17) is 0 Å². The van der Waals surface area contributed by atoms with Gasteiger partial charge in [0.25, 0.3) is 0 Å². The zero-order chi connectivity index (χ0) is 16.3. The second kappa shape index (κ2) is 12.5. The van der Waals surface area contributed by atoms with E-state index in [1.54, 1.807) is 18.3 Å². The Morgan fingerprint density at radius 1 is 1.04 bits per heavy atom. The highest BCUT2D eigenvalue weighted by atomic mass is 79.9. The predicted molar refractivity (Wildman–Crippen MR) is 90.1 cm³/mol. The summed E-state index contributed by atoms with van der Waals surface area (Å²) in [6.45, 7) is 2.96. The second-order valence-electron chi connectivity index (χ2n) is 5.63. The molecule has 1 aromatic heterocycles. The summed E-state index contributed by atoms with van der Waals surface area (Å²) in [6, 6.07) is 3.45. The van der Waals surface area contributed by atoms with Crippen molar-refractivity contribution in [3.8, 4) is 11.8 Å². The smallest absolute Gasteiger partial charge is 0.187 e. The molecule has 0 N–H and O–H groups in total. The van der Waals surface area contributed by atoms with Crippen LogP contribution in [0.4, 0.5) is 0 Å². The van der Waals surface area contributed by atoms with Crippen molar-refractivity contribution in [1.29, 1.82) is 0 Å². The Morgan fingerprint density at radius 2 is 1.70 bits per heavy atom. The van der Waals surface area contributed by atoms with Crippen molar-refractivity contribution in [1.82, 2.24) is 0 Å². The maximum atomic E-state index is 11.5. The first-order chi connectivity index (χ1) is 10.5. The molecule has 1 aromatic rings. The normalized spacial score (nSPS) is 10.5. The van der Waals surface area contributed by atoms with Crippen molar-refractivity contribution >= 4 is 9.84 Å². The zero-order valence-corrected chi connectivity index (χ0v) is 16.6. The summed E-state index contributed by atoms with van der Waals surface area (Å²) in [4.78, 5) is 0.392. The average Bonchev–Trinajstić information content (AvgIpc) is 2.49. The van der Waals surface area contributed by atoms with Gasteiger partial charge in [0.05, 0.1) is 0 Å². The Labute approximate surface area is 152 Å². The molecule has 130 valence electrons. The molecule has 0 saturated heterocycles. The maximum absolute atomic E-state index is 11.5. The average molecular weight is 402 g/mol. The van der Waals surface area contributed by atoms with Gasteiger partial charge < -0.3 is 17.0 Å². The van der Waals surface area contributed by atoms with E-state index in [1.165, 1.54) is 38.4 Å². The number of halogens is 1. The molecule has 0 fully saturated rings. The first-order valence-corrected chi connectivity index (χ1v) is 10.1. The fraction of sp³-hybridized carbons (Fsp3) is 0.611. The summed E-state index contributed by atoms with van der Waals surface area (Å²) in [7, 11) is -3.11. The number of unbranched alkanes of at least 4 members (excludes halogenated alkanes) is 6. The van der Waals surface area contributed by atoms with Gasteiger partial charge in [0, 0.05) is 31.6 Å². The third kappa shape index (κ3) is 10.5. The predicted octanol–water partition coefficient (Wildman–Crippen LogP) is 0.526. The number of aromatic nitrogens is 1. The summed E-state index contributed by atoms with van der Waals surface area (Å²) in [5.74, 6) is 6.27. The summed E-state index contributed by atoms with van der Waals surface area (Å²) in [6.07, 6.45) is 14.1. The van der Waals surface area contributed by atoms with Gasteiger partial charge in [-0.25, -0.2) is 13.0 Å². The molecule has 1 heterocycles. The molecule has 0 atom stereocenters. The molecule has 0 aliphatic rings. The topological polar surface area (TPSA) is 38.0 Å². The molecular formula is C18H28BrNO2S. The van der Waals surface area contributed by atoms with Gasteiger partial charge in [-0.3, -0.25) is 0 Å². The third-order valence-corrected chi connectivity index (χ3v) is 4.63. The first kappa shape index (κ1) is 22.1. The quantitative estimate of drug-likeness (QED) is 0.343. The minimum Gasteiger partial charge on any atom is -1.00 e. The lowest BCUT2D eigenvalue weighted by Crippen LogP contribution is -3.00. The Kier molecular flexibility index (Phi) is 12.1. The number of rotatable bonds is 9. The van der Waals surface area contributed by atoms with Gasteiger partial charge in [-0.2, -0.15) is 0 Å².